The Morgan fingerprint density at radius 2 is 1.59 bits per heavy atom. The van der Waals surface area contributed by atoms with Crippen LogP contribution in [0.1, 0.15) is 28.6 Å². The van der Waals surface area contributed by atoms with Gasteiger partial charge >= 0.3 is 0 Å². The molecule has 5 nitrogen and oxygen atoms in total. The second kappa shape index (κ2) is 8.65. The molecule has 32 heavy (non-hydrogen) atoms. The van der Waals surface area contributed by atoms with Gasteiger partial charge in [0.05, 0.1) is 23.1 Å². The summed E-state index contributed by atoms with van der Waals surface area (Å²) >= 11 is 0. The molecule has 3 aromatic carbocycles. The first-order valence-electron chi connectivity index (χ1n) is 10.7. The lowest BCUT2D eigenvalue weighted by Gasteiger charge is -2.19. The van der Waals surface area contributed by atoms with Crippen LogP contribution in [0.25, 0.3) is 5.69 Å². The van der Waals surface area contributed by atoms with E-state index < -0.39 is 12.2 Å². The summed E-state index contributed by atoms with van der Waals surface area (Å²) in [6.07, 6.45) is 1.92. The average molecular weight is 421 g/mol. The maximum Gasteiger partial charge on any atom is 0.239 e. The fraction of sp³-hybridized carbons (Fsp3) is 0.111. The van der Waals surface area contributed by atoms with E-state index in [1.807, 2.05) is 91.1 Å². The summed E-state index contributed by atoms with van der Waals surface area (Å²) < 4.78 is 2.09. The van der Waals surface area contributed by atoms with Gasteiger partial charge in [-0.2, -0.15) is 0 Å². The molecule has 4 aromatic rings. The minimum Gasteiger partial charge on any atom is -0.328 e. The van der Waals surface area contributed by atoms with Gasteiger partial charge in [0.2, 0.25) is 5.91 Å². The number of benzene rings is 3. The van der Waals surface area contributed by atoms with Crippen molar-refractivity contribution in [3.63, 3.8) is 0 Å². The van der Waals surface area contributed by atoms with Crippen LogP contribution in [0.2, 0.25) is 0 Å². The monoisotopic (exact) mass is 420 g/mol. The molecule has 0 aliphatic carbocycles. The first-order chi connectivity index (χ1) is 15.7. The van der Waals surface area contributed by atoms with Gasteiger partial charge in [0, 0.05) is 17.3 Å². The summed E-state index contributed by atoms with van der Waals surface area (Å²) in [4.78, 5) is 18.1. The van der Waals surface area contributed by atoms with Crippen LogP contribution in [0.4, 0.5) is 0 Å². The van der Waals surface area contributed by atoms with Crippen molar-refractivity contribution >= 4 is 11.6 Å². The third-order valence-corrected chi connectivity index (χ3v) is 5.70. The average Bonchev–Trinajstić information content (AvgIpc) is 3.28. The van der Waals surface area contributed by atoms with Crippen LogP contribution in [0.3, 0.4) is 0 Å². The van der Waals surface area contributed by atoms with Gasteiger partial charge in [0.25, 0.3) is 0 Å². The number of nitrogens with one attached hydrogen (secondary N) is 1. The molecule has 0 fully saturated rings. The van der Waals surface area contributed by atoms with E-state index in [4.69, 9.17) is 10.7 Å². The highest BCUT2D eigenvalue weighted by atomic mass is 16.2. The third kappa shape index (κ3) is 3.86. The molecule has 1 aliphatic heterocycles. The van der Waals surface area contributed by atoms with Crippen LogP contribution in [-0.4, -0.2) is 22.2 Å². The van der Waals surface area contributed by atoms with Gasteiger partial charge in [-0.3, -0.25) is 9.79 Å². The lowest BCUT2D eigenvalue weighted by Crippen LogP contribution is -2.43. The molecule has 0 spiro atoms. The van der Waals surface area contributed by atoms with Crippen molar-refractivity contribution in [2.75, 3.05) is 0 Å². The second-order valence-corrected chi connectivity index (χ2v) is 7.87. The summed E-state index contributed by atoms with van der Waals surface area (Å²) in [6.45, 7) is 0. The van der Waals surface area contributed by atoms with Crippen LogP contribution >= 0.6 is 0 Å². The van der Waals surface area contributed by atoms with Crippen molar-refractivity contribution in [3.8, 4) is 5.69 Å². The fourth-order valence-electron chi connectivity index (χ4n) is 4.12. The van der Waals surface area contributed by atoms with Crippen molar-refractivity contribution in [1.29, 1.82) is 0 Å². The predicted octanol–water partition coefficient (Wildman–Crippen LogP) is 4.01. The maximum absolute atomic E-state index is 13.1. The topological polar surface area (TPSA) is 72.4 Å². The molecule has 2 atom stereocenters. The molecule has 1 aromatic heterocycles. The minimum atomic E-state index is -0.665. The Morgan fingerprint density at radius 3 is 2.38 bits per heavy atom. The molecule has 5 rings (SSSR count). The summed E-state index contributed by atoms with van der Waals surface area (Å²) in [7, 11) is 0. The molecule has 0 saturated heterocycles. The van der Waals surface area contributed by atoms with Gasteiger partial charge in [-0.25, -0.2) is 0 Å². The summed E-state index contributed by atoms with van der Waals surface area (Å²) in [5.74, 6) is -0.228. The number of hydrogen-bond acceptors (Lipinski definition) is 3. The van der Waals surface area contributed by atoms with Gasteiger partial charge in [0.15, 0.2) is 6.17 Å². The van der Waals surface area contributed by atoms with E-state index in [9.17, 15) is 4.79 Å². The van der Waals surface area contributed by atoms with E-state index >= 15 is 0 Å². The first-order valence-corrected chi connectivity index (χ1v) is 10.7. The molecular weight excluding hydrogens is 396 g/mol. The molecular formula is C27H24N4O. The number of nitrogens with zero attached hydrogens (tertiary/aromatic N) is 2. The van der Waals surface area contributed by atoms with Crippen LogP contribution in [0, 0.1) is 0 Å². The standard InChI is InChI=1S/C27H24N4O/c28-22(18-19-10-3-1-4-11-19)27(32)30-26-24-16-9-17-31(24)23-15-8-7-14-21(23)25(29-26)20-12-5-2-6-13-20/h1-17,22,26H,18,28H2,(H,30,32)/t22-,26?/m1/s1. The van der Waals surface area contributed by atoms with E-state index in [0.29, 0.717) is 6.42 Å². The molecule has 1 aliphatic rings. The van der Waals surface area contributed by atoms with Crippen LogP contribution < -0.4 is 11.1 Å². The van der Waals surface area contributed by atoms with E-state index in [0.717, 1.165) is 33.8 Å². The van der Waals surface area contributed by atoms with Gasteiger partial charge in [-0.15, -0.1) is 0 Å². The van der Waals surface area contributed by atoms with Crippen molar-refractivity contribution < 1.29 is 4.79 Å². The quantitative estimate of drug-likeness (QED) is 0.512. The number of para-hydroxylation sites is 1. The summed E-state index contributed by atoms with van der Waals surface area (Å²) in [6, 6.07) is 31.3. The van der Waals surface area contributed by atoms with Crippen LogP contribution in [0.15, 0.2) is 108 Å². The molecule has 0 saturated carbocycles. The second-order valence-electron chi connectivity index (χ2n) is 7.87. The minimum absolute atomic E-state index is 0.228. The van der Waals surface area contributed by atoms with Crippen LogP contribution in [-0.2, 0) is 11.2 Å². The molecule has 0 radical (unpaired) electrons. The Bertz CT molecular complexity index is 1260. The van der Waals surface area contributed by atoms with E-state index in [1.165, 1.54) is 0 Å². The molecule has 0 bridgehead atoms. The molecule has 3 N–H and O–H groups in total. The number of hydrogen-bond donors (Lipinski definition) is 2. The first kappa shape index (κ1) is 20.0. The van der Waals surface area contributed by atoms with Gasteiger partial charge in [-0.05, 0) is 30.2 Å². The van der Waals surface area contributed by atoms with Crippen molar-refractivity contribution in [1.82, 2.24) is 9.88 Å². The summed E-state index contributed by atoms with van der Waals surface area (Å²) in [5, 5.41) is 3.08. The summed E-state index contributed by atoms with van der Waals surface area (Å²) in [5.41, 5.74) is 12.1. The smallest absolute Gasteiger partial charge is 0.239 e. The Morgan fingerprint density at radius 1 is 0.906 bits per heavy atom. The van der Waals surface area contributed by atoms with Gasteiger partial charge < -0.3 is 15.6 Å². The number of aliphatic imine (C=N–C) groups is 1. The van der Waals surface area contributed by atoms with E-state index in [1.54, 1.807) is 0 Å². The Hall–Kier alpha value is -3.96. The van der Waals surface area contributed by atoms with E-state index in [-0.39, 0.29) is 5.91 Å². The number of rotatable bonds is 5. The molecule has 158 valence electrons. The molecule has 2 heterocycles. The Balaban J connectivity index is 1.52. The Labute approximate surface area is 187 Å². The Kier molecular flexibility index (Phi) is 5.40. The number of fused-ring (bicyclic) bond motifs is 3. The number of carbonyl (C=O) groups excluding carboxylic acids is 1. The molecule has 1 amide bonds. The largest absolute Gasteiger partial charge is 0.328 e. The van der Waals surface area contributed by atoms with Crippen LogP contribution in [0.5, 0.6) is 0 Å². The van der Waals surface area contributed by atoms with E-state index in [2.05, 4.69) is 22.0 Å². The highest BCUT2D eigenvalue weighted by molar-refractivity contribution is 6.15. The normalized spacial score (nSPS) is 15.7. The zero-order chi connectivity index (χ0) is 21.9. The molecule has 1 unspecified atom stereocenters. The number of amides is 1. The zero-order valence-corrected chi connectivity index (χ0v) is 17.6. The predicted molar refractivity (Wildman–Crippen MR) is 127 cm³/mol. The van der Waals surface area contributed by atoms with Crippen molar-refractivity contribution in [3.05, 3.63) is 126 Å². The number of carbonyl (C=O) groups is 1. The highest BCUT2D eigenvalue weighted by Gasteiger charge is 2.27. The maximum atomic E-state index is 13.1. The highest BCUT2D eigenvalue weighted by Crippen LogP contribution is 2.30. The van der Waals surface area contributed by atoms with Gasteiger partial charge in [-0.1, -0.05) is 78.9 Å². The zero-order valence-electron chi connectivity index (χ0n) is 17.6. The van der Waals surface area contributed by atoms with Gasteiger partial charge in [0.1, 0.15) is 0 Å². The lowest BCUT2D eigenvalue weighted by molar-refractivity contribution is -0.123. The number of aromatic nitrogens is 1. The number of nitrogens with two attached hydrogens (primary N) is 1. The third-order valence-electron chi connectivity index (χ3n) is 5.70. The lowest BCUT2D eigenvalue weighted by atomic mass is 10.0. The fourth-order valence-corrected chi connectivity index (χ4v) is 4.12. The van der Waals surface area contributed by atoms with Crippen molar-refractivity contribution in [2.45, 2.75) is 18.6 Å². The van der Waals surface area contributed by atoms with Crippen molar-refractivity contribution in [2.24, 2.45) is 10.7 Å². The molecule has 5 heteroatoms. The SMILES string of the molecule is N[C@H](Cc1ccccc1)C(=O)NC1N=C(c2ccccc2)c2ccccc2-n2cccc21.